The first-order chi connectivity index (χ1) is 18.1. The van der Waals surface area contributed by atoms with Gasteiger partial charge in [-0.25, -0.2) is 0 Å². The van der Waals surface area contributed by atoms with E-state index in [0.717, 1.165) is 51.4 Å². The van der Waals surface area contributed by atoms with E-state index in [1.807, 2.05) is 0 Å². The Labute approximate surface area is 226 Å². The number of aliphatic hydroxyl groups is 1. The van der Waals surface area contributed by atoms with Gasteiger partial charge in [0.1, 0.15) is 6.61 Å². The van der Waals surface area contributed by atoms with E-state index < -0.39 is 6.10 Å². The van der Waals surface area contributed by atoms with Crippen molar-refractivity contribution >= 4 is 11.9 Å². The minimum Gasteiger partial charge on any atom is -0.462 e. The van der Waals surface area contributed by atoms with Crippen LogP contribution >= 0.6 is 0 Å². The lowest BCUT2D eigenvalue weighted by Gasteiger charge is -2.15. The standard InChI is InChI=1S/C31H56O6/c1-3-5-7-8-11-16-20-24-31(34)36-27(25-32)26-35-30(33)23-19-15-13-10-9-12-14-18-22-29-28(37-29)21-17-6-4-2/h14,18,27-29,32H,3-13,15-17,19-26H2,1-2H3/b18-14-/t27-,28?,29?/m0/s1. The van der Waals surface area contributed by atoms with Crippen LogP contribution in [0.1, 0.15) is 142 Å². The zero-order chi connectivity index (χ0) is 27.0. The molecule has 6 nitrogen and oxygen atoms in total. The van der Waals surface area contributed by atoms with Crippen molar-refractivity contribution in [3.63, 3.8) is 0 Å². The van der Waals surface area contributed by atoms with Crippen molar-refractivity contribution in [3.05, 3.63) is 12.2 Å². The lowest BCUT2D eigenvalue weighted by atomic mass is 10.1. The number of hydrogen-bond donors (Lipinski definition) is 1. The second-order valence-electron chi connectivity index (χ2n) is 10.6. The SMILES string of the molecule is CCCCCCCCCC(=O)O[C@@H](CO)COC(=O)CCCCCCC/C=C\CC1OC1CCCCC. The quantitative estimate of drug-likeness (QED) is 0.0543. The summed E-state index contributed by atoms with van der Waals surface area (Å²) >= 11 is 0. The van der Waals surface area contributed by atoms with Crippen LogP contribution in [0.5, 0.6) is 0 Å². The summed E-state index contributed by atoms with van der Waals surface area (Å²) in [6.45, 7) is 4.02. The fraction of sp³-hybridized carbons (Fsp3) is 0.871. The summed E-state index contributed by atoms with van der Waals surface area (Å²) in [5, 5.41) is 9.43. The van der Waals surface area contributed by atoms with Crippen molar-refractivity contribution < 1.29 is 28.9 Å². The number of aliphatic hydroxyl groups excluding tert-OH is 1. The van der Waals surface area contributed by atoms with E-state index in [1.54, 1.807) is 0 Å². The molecule has 1 saturated heterocycles. The van der Waals surface area contributed by atoms with Crippen molar-refractivity contribution in [2.75, 3.05) is 13.2 Å². The molecule has 1 rings (SSSR count). The molecule has 1 heterocycles. The Morgan fingerprint density at radius 1 is 0.757 bits per heavy atom. The minimum absolute atomic E-state index is 0.0736. The summed E-state index contributed by atoms with van der Waals surface area (Å²) in [6.07, 6.45) is 25.9. The summed E-state index contributed by atoms with van der Waals surface area (Å²) in [4.78, 5) is 23.9. The topological polar surface area (TPSA) is 85.4 Å². The molecule has 0 aromatic rings. The molecule has 37 heavy (non-hydrogen) atoms. The summed E-state index contributed by atoms with van der Waals surface area (Å²) in [5.41, 5.74) is 0. The Bertz CT molecular complexity index is 590. The summed E-state index contributed by atoms with van der Waals surface area (Å²) in [7, 11) is 0. The van der Waals surface area contributed by atoms with E-state index in [-0.39, 0.29) is 25.2 Å². The molecular weight excluding hydrogens is 468 g/mol. The predicted molar refractivity (Wildman–Crippen MR) is 149 cm³/mol. The normalized spacial score (nSPS) is 17.7. The number of esters is 2. The van der Waals surface area contributed by atoms with Gasteiger partial charge in [0.05, 0.1) is 18.8 Å². The van der Waals surface area contributed by atoms with Gasteiger partial charge < -0.3 is 19.3 Å². The van der Waals surface area contributed by atoms with Gasteiger partial charge in [-0.2, -0.15) is 0 Å². The molecule has 3 atom stereocenters. The van der Waals surface area contributed by atoms with E-state index in [2.05, 4.69) is 26.0 Å². The first kappa shape index (κ1) is 33.6. The van der Waals surface area contributed by atoms with Crippen molar-refractivity contribution in [1.29, 1.82) is 0 Å². The molecule has 0 aromatic heterocycles. The highest BCUT2D eigenvalue weighted by Crippen LogP contribution is 2.30. The van der Waals surface area contributed by atoms with Crippen LogP contribution in [0.2, 0.25) is 0 Å². The molecule has 2 unspecified atom stereocenters. The fourth-order valence-electron chi connectivity index (χ4n) is 4.50. The van der Waals surface area contributed by atoms with Crippen LogP contribution in [-0.4, -0.2) is 48.6 Å². The molecule has 1 N–H and O–H groups in total. The summed E-state index contributed by atoms with van der Waals surface area (Å²) in [6, 6.07) is 0. The van der Waals surface area contributed by atoms with Crippen molar-refractivity contribution in [3.8, 4) is 0 Å². The van der Waals surface area contributed by atoms with E-state index in [1.165, 1.54) is 64.2 Å². The number of hydrogen-bond acceptors (Lipinski definition) is 6. The first-order valence-electron chi connectivity index (χ1n) is 15.4. The molecule has 0 aliphatic carbocycles. The lowest BCUT2D eigenvalue weighted by molar-refractivity contribution is -0.161. The highest BCUT2D eigenvalue weighted by atomic mass is 16.6. The van der Waals surface area contributed by atoms with Crippen LogP contribution in [-0.2, 0) is 23.8 Å². The van der Waals surface area contributed by atoms with Gasteiger partial charge in [-0.3, -0.25) is 9.59 Å². The second-order valence-corrected chi connectivity index (χ2v) is 10.6. The Kier molecular flexibility index (Phi) is 21.5. The van der Waals surface area contributed by atoms with Gasteiger partial charge in [0.2, 0.25) is 0 Å². The maximum atomic E-state index is 12.0. The van der Waals surface area contributed by atoms with Gasteiger partial charge in [0, 0.05) is 12.8 Å². The number of rotatable bonds is 26. The Balaban J connectivity index is 1.91. The molecular formula is C31H56O6. The minimum atomic E-state index is -0.771. The molecule has 1 aliphatic rings. The number of allylic oxidation sites excluding steroid dienone is 1. The lowest BCUT2D eigenvalue weighted by Crippen LogP contribution is -2.28. The number of unbranched alkanes of at least 4 members (excludes halogenated alkanes) is 13. The third kappa shape index (κ3) is 20.3. The van der Waals surface area contributed by atoms with Gasteiger partial charge in [-0.05, 0) is 38.5 Å². The fourth-order valence-corrected chi connectivity index (χ4v) is 4.50. The molecule has 0 spiro atoms. The van der Waals surface area contributed by atoms with Crippen LogP contribution in [0, 0.1) is 0 Å². The van der Waals surface area contributed by atoms with Crippen LogP contribution in [0.3, 0.4) is 0 Å². The molecule has 0 aromatic carbocycles. The Hall–Kier alpha value is -1.40. The maximum Gasteiger partial charge on any atom is 0.306 e. The Morgan fingerprint density at radius 2 is 1.35 bits per heavy atom. The van der Waals surface area contributed by atoms with Crippen molar-refractivity contribution in [1.82, 2.24) is 0 Å². The number of carbonyl (C=O) groups is 2. The van der Waals surface area contributed by atoms with Crippen LogP contribution in [0.15, 0.2) is 12.2 Å². The largest absolute Gasteiger partial charge is 0.462 e. The molecule has 6 heteroatoms. The smallest absolute Gasteiger partial charge is 0.306 e. The highest BCUT2D eigenvalue weighted by Gasteiger charge is 2.36. The molecule has 0 bridgehead atoms. The van der Waals surface area contributed by atoms with Gasteiger partial charge in [0.25, 0.3) is 0 Å². The average molecular weight is 525 g/mol. The first-order valence-corrected chi connectivity index (χ1v) is 15.4. The number of ether oxygens (including phenoxy) is 3. The number of epoxide rings is 1. The van der Waals surface area contributed by atoms with Crippen LogP contribution < -0.4 is 0 Å². The maximum absolute atomic E-state index is 12.0. The van der Waals surface area contributed by atoms with Gasteiger partial charge in [0.15, 0.2) is 6.10 Å². The molecule has 0 radical (unpaired) electrons. The zero-order valence-corrected chi connectivity index (χ0v) is 23.9. The van der Waals surface area contributed by atoms with E-state index in [4.69, 9.17) is 14.2 Å². The molecule has 216 valence electrons. The van der Waals surface area contributed by atoms with E-state index in [9.17, 15) is 14.7 Å². The van der Waals surface area contributed by atoms with E-state index in [0.29, 0.717) is 25.0 Å². The average Bonchev–Trinajstić information content (AvgIpc) is 3.65. The Morgan fingerprint density at radius 3 is 2.03 bits per heavy atom. The zero-order valence-electron chi connectivity index (χ0n) is 23.9. The van der Waals surface area contributed by atoms with Gasteiger partial charge in [-0.1, -0.05) is 103 Å². The van der Waals surface area contributed by atoms with Gasteiger partial charge >= 0.3 is 11.9 Å². The van der Waals surface area contributed by atoms with Crippen LogP contribution in [0.4, 0.5) is 0 Å². The molecule has 0 amide bonds. The van der Waals surface area contributed by atoms with Crippen LogP contribution in [0.25, 0.3) is 0 Å². The predicted octanol–water partition coefficient (Wildman–Crippen LogP) is 7.60. The molecule has 1 aliphatic heterocycles. The van der Waals surface area contributed by atoms with E-state index >= 15 is 0 Å². The van der Waals surface area contributed by atoms with Crippen molar-refractivity contribution in [2.24, 2.45) is 0 Å². The third-order valence-electron chi connectivity index (χ3n) is 6.98. The third-order valence-corrected chi connectivity index (χ3v) is 6.98. The second kappa shape index (κ2) is 23.7. The number of carbonyl (C=O) groups excluding carboxylic acids is 2. The molecule has 1 fully saturated rings. The summed E-state index contributed by atoms with van der Waals surface area (Å²) in [5.74, 6) is -0.620. The summed E-state index contributed by atoms with van der Waals surface area (Å²) < 4.78 is 16.2. The monoisotopic (exact) mass is 524 g/mol. The highest BCUT2D eigenvalue weighted by molar-refractivity contribution is 5.70. The molecule has 0 saturated carbocycles. The van der Waals surface area contributed by atoms with Crippen molar-refractivity contribution in [2.45, 2.75) is 161 Å². The van der Waals surface area contributed by atoms with Gasteiger partial charge in [-0.15, -0.1) is 0 Å².